The molecule has 3 N–H and O–H groups in total. The lowest BCUT2D eigenvalue weighted by Crippen LogP contribution is -2.47. The summed E-state index contributed by atoms with van der Waals surface area (Å²) in [6.45, 7) is 3.72. The van der Waals surface area contributed by atoms with E-state index in [0.717, 1.165) is 12.8 Å². The molecule has 0 aromatic heterocycles. The Morgan fingerprint density at radius 1 is 1.31 bits per heavy atom. The van der Waals surface area contributed by atoms with Crippen LogP contribution in [0.5, 0.6) is 0 Å². The molecule has 0 fully saturated rings. The molecule has 0 spiro atoms. The van der Waals surface area contributed by atoms with Crippen molar-refractivity contribution in [3.63, 3.8) is 0 Å². The van der Waals surface area contributed by atoms with Crippen molar-refractivity contribution in [2.45, 2.75) is 38.8 Å². The predicted octanol–water partition coefficient (Wildman–Crippen LogP) is 0.302. The maximum absolute atomic E-state index is 10.4. The Morgan fingerprint density at radius 2 is 1.77 bits per heavy atom. The molecule has 1 atom stereocenters. The molecule has 1 unspecified atom stereocenters. The third kappa shape index (κ3) is 4.47. The Labute approximate surface area is 76.8 Å². The molecule has 0 radical (unpaired) electrons. The summed E-state index contributed by atoms with van der Waals surface area (Å²) in [4.78, 5) is 20.9. The van der Waals surface area contributed by atoms with Gasteiger partial charge in [0, 0.05) is 6.04 Å². The first-order valence-electron chi connectivity index (χ1n) is 4.20. The van der Waals surface area contributed by atoms with E-state index in [-0.39, 0.29) is 6.04 Å². The second-order valence-corrected chi connectivity index (χ2v) is 2.97. The van der Waals surface area contributed by atoms with Crippen LogP contribution in [-0.2, 0) is 9.59 Å². The van der Waals surface area contributed by atoms with Crippen molar-refractivity contribution < 1.29 is 19.8 Å². The normalized spacial score (nSPS) is 12.8. The van der Waals surface area contributed by atoms with Gasteiger partial charge in [0.05, 0.1) is 0 Å². The van der Waals surface area contributed by atoms with Crippen LogP contribution in [0.3, 0.4) is 0 Å². The van der Waals surface area contributed by atoms with E-state index in [0.29, 0.717) is 0 Å². The van der Waals surface area contributed by atoms with E-state index in [2.05, 4.69) is 5.32 Å². The van der Waals surface area contributed by atoms with Crippen LogP contribution in [0.2, 0.25) is 0 Å². The topological polar surface area (TPSA) is 86.6 Å². The summed E-state index contributed by atoms with van der Waals surface area (Å²) in [5, 5.41) is 19.6. The molecule has 0 aromatic rings. The molecular weight excluding hydrogens is 174 g/mol. The van der Waals surface area contributed by atoms with E-state index in [1.165, 1.54) is 0 Å². The molecule has 0 aliphatic carbocycles. The number of carboxylic acid groups (broad SMARTS) is 2. The van der Waals surface area contributed by atoms with Crippen LogP contribution in [0.25, 0.3) is 0 Å². The second-order valence-electron chi connectivity index (χ2n) is 2.97. The fourth-order valence-corrected chi connectivity index (χ4v) is 1.05. The van der Waals surface area contributed by atoms with Gasteiger partial charge >= 0.3 is 11.9 Å². The smallest absolute Gasteiger partial charge is 0.332 e. The number of nitrogens with one attached hydrogen (secondary N) is 1. The van der Waals surface area contributed by atoms with E-state index < -0.39 is 18.0 Å². The third-order valence-electron chi connectivity index (χ3n) is 1.67. The molecule has 5 nitrogen and oxygen atoms in total. The minimum atomic E-state index is -1.50. The lowest BCUT2D eigenvalue weighted by Gasteiger charge is -2.15. The Kier molecular flexibility index (Phi) is 5.06. The number of carbonyl (C=O) groups is 2. The SMILES string of the molecule is CCCC(C)NC(C(=O)O)C(=O)O. The highest BCUT2D eigenvalue weighted by Crippen LogP contribution is 1.97. The van der Waals surface area contributed by atoms with Crippen molar-refractivity contribution >= 4 is 11.9 Å². The van der Waals surface area contributed by atoms with Gasteiger partial charge in [-0.25, -0.2) is 9.59 Å². The summed E-state index contributed by atoms with van der Waals surface area (Å²) in [5.74, 6) is -2.70. The van der Waals surface area contributed by atoms with Crippen molar-refractivity contribution in [3.8, 4) is 0 Å². The van der Waals surface area contributed by atoms with Gasteiger partial charge in [0.25, 0.3) is 0 Å². The molecule has 0 bridgehead atoms. The molecule has 0 heterocycles. The summed E-state index contributed by atoms with van der Waals surface area (Å²) in [6, 6.07) is -1.59. The Morgan fingerprint density at radius 3 is 2.08 bits per heavy atom. The zero-order valence-corrected chi connectivity index (χ0v) is 7.78. The maximum atomic E-state index is 10.4. The third-order valence-corrected chi connectivity index (χ3v) is 1.67. The molecular formula is C8H15NO4. The molecule has 0 aliphatic heterocycles. The van der Waals surface area contributed by atoms with Crippen LogP contribution in [0.15, 0.2) is 0 Å². The van der Waals surface area contributed by atoms with Crippen LogP contribution in [0, 0.1) is 0 Å². The van der Waals surface area contributed by atoms with Gasteiger partial charge < -0.3 is 10.2 Å². The first kappa shape index (κ1) is 11.9. The first-order chi connectivity index (χ1) is 5.99. The van der Waals surface area contributed by atoms with Gasteiger partial charge in [0.1, 0.15) is 0 Å². The van der Waals surface area contributed by atoms with Gasteiger partial charge in [0.15, 0.2) is 0 Å². The molecule has 0 rings (SSSR count). The van der Waals surface area contributed by atoms with Crippen molar-refractivity contribution in [1.29, 1.82) is 0 Å². The van der Waals surface area contributed by atoms with Crippen LogP contribution >= 0.6 is 0 Å². The average Bonchev–Trinajstić information content (AvgIpc) is 1.99. The van der Waals surface area contributed by atoms with Gasteiger partial charge in [-0.15, -0.1) is 0 Å². The van der Waals surface area contributed by atoms with Crippen LogP contribution in [-0.4, -0.2) is 34.2 Å². The minimum absolute atomic E-state index is 0.0952. The van der Waals surface area contributed by atoms with Gasteiger partial charge in [-0.2, -0.15) is 0 Å². The summed E-state index contributed by atoms with van der Waals surface area (Å²) in [7, 11) is 0. The first-order valence-corrected chi connectivity index (χ1v) is 4.20. The molecule has 0 amide bonds. The lowest BCUT2D eigenvalue weighted by atomic mass is 10.1. The van der Waals surface area contributed by atoms with Crippen molar-refractivity contribution in [3.05, 3.63) is 0 Å². The summed E-state index contributed by atoms with van der Waals surface area (Å²) in [5.41, 5.74) is 0. The number of hydrogen-bond acceptors (Lipinski definition) is 3. The predicted molar refractivity (Wildman–Crippen MR) is 46.6 cm³/mol. The highest BCUT2D eigenvalue weighted by Gasteiger charge is 2.26. The number of carboxylic acids is 2. The summed E-state index contributed by atoms with van der Waals surface area (Å²) in [6.07, 6.45) is 1.65. The van der Waals surface area contributed by atoms with Crippen molar-refractivity contribution in [1.82, 2.24) is 5.32 Å². The Balaban J connectivity index is 4.10. The monoisotopic (exact) mass is 189 g/mol. The van der Waals surface area contributed by atoms with Gasteiger partial charge in [-0.3, -0.25) is 5.32 Å². The van der Waals surface area contributed by atoms with Crippen molar-refractivity contribution in [2.24, 2.45) is 0 Å². The fourth-order valence-electron chi connectivity index (χ4n) is 1.05. The lowest BCUT2D eigenvalue weighted by molar-refractivity contribution is -0.151. The van der Waals surface area contributed by atoms with Gasteiger partial charge in [-0.05, 0) is 13.3 Å². The molecule has 0 aliphatic rings. The van der Waals surface area contributed by atoms with E-state index in [9.17, 15) is 9.59 Å². The second kappa shape index (κ2) is 5.53. The molecule has 0 aromatic carbocycles. The zero-order chi connectivity index (χ0) is 10.4. The number of aliphatic carboxylic acids is 2. The van der Waals surface area contributed by atoms with Crippen LogP contribution < -0.4 is 5.32 Å². The largest absolute Gasteiger partial charge is 0.480 e. The van der Waals surface area contributed by atoms with E-state index in [1.54, 1.807) is 6.92 Å². The molecule has 76 valence electrons. The molecule has 0 saturated carbocycles. The quantitative estimate of drug-likeness (QED) is 0.523. The fraction of sp³-hybridized carbons (Fsp3) is 0.750. The standard InChI is InChI=1S/C8H15NO4/c1-3-4-5(2)9-6(7(10)11)8(12)13/h5-6,9H,3-4H2,1-2H3,(H,10,11)(H,12,13). The van der Waals surface area contributed by atoms with Crippen molar-refractivity contribution in [2.75, 3.05) is 0 Å². The minimum Gasteiger partial charge on any atom is -0.480 e. The number of rotatable bonds is 6. The van der Waals surface area contributed by atoms with Gasteiger partial charge in [-0.1, -0.05) is 13.3 Å². The molecule has 0 saturated heterocycles. The van der Waals surface area contributed by atoms with E-state index in [4.69, 9.17) is 10.2 Å². The van der Waals surface area contributed by atoms with E-state index in [1.807, 2.05) is 6.92 Å². The molecule has 5 heteroatoms. The Bertz CT molecular complexity index is 179. The average molecular weight is 189 g/mol. The zero-order valence-electron chi connectivity index (χ0n) is 7.78. The van der Waals surface area contributed by atoms with Crippen LogP contribution in [0.1, 0.15) is 26.7 Å². The van der Waals surface area contributed by atoms with Crippen LogP contribution in [0.4, 0.5) is 0 Å². The highest BCUT2D eigenvalue weighted by molar-refractivity contribution is 5.97. The van der Waals surface area contributed by atoms with E-state index >= 15 is 0 Å². The number of hydrogen-bond donors (Lipinski definition) is 3. The summed E-state index contributed by atoms with van der Waals surface area (Å²) < 4.78 is 0. The maximum Gasteiger partial charge on any atom is 0.332 e. The van der Waals surface area contributed by atoms with Gasteiger partial charge in [0.2, 0.25) is 6.04 Å². The molecule has 13 heavy (non-hydrogen) atoms. The Hall–Kier alpha value is -1.10. The summed E-state index contributed by atoms with van der Waals surface area (Å²) >= 11 is 0. The highest BCUT2D eigenvalue weighted by atomic mass is 16.4.